The Hall–Kier alpha value is -2.96. The maximum absolute atomic E-state index is 13.2. The Balaban J connectivity index is 0.000000331. The van der Waals surface area contributed by atoms with Crippen molar-refractivity contribution >= 4 is 33.7 Å². The average Bonchev–Trinajstić information content (AvgIpc) is 2.71. The summed E-state index contributed by atoms with van der Waals surface area (Å²) in [5.74, 6) is -4.47. The average molecular weight is 549 g/mol. The number of benzene rings is 2. The molecule has 0 saturated heterocycles. The van der Waals surface area contributed by atoms with Gasteiger partial charge in [-0.1, -0.05) is 34.6 Å². The molecule has 0 aliphatic heterocycles. The van der Waals surface area contributed by atoms with E-state index in [1.807, 2.05) is 0 Å². The number of alkyl halides is 8. The summed E-state index contributed by atoms with van der Waals surface area (Å²) in [5, 5.41) is 17.0. The van der Waals surface area contributed by atoms with Crippen molar-refractivity contribution in [3.8, 4) is 0 Å². The molecule has 0 heterocycles. The van der Waals surface area contributed by atoms with Gasteiger partial charge in [0.15, 0.2) is 0 Å². The van der Waals surface area contributed by atoms with E-state index >= 15 is 0 Å². The summed E-state index contributed by atoms with van der Waals surface area (Å²) in [6, 6.07) is 4.37. The van der Waals surface area contributed by atoms with Crippen LogP contribution in [0.15, 0.2) is 43.0 Å². The first kappa shape index (κ1) is 28.1. The standard InChI is InChI=1S/C10H7BrF4O2.C10H6F4O2/c11-4-8(12)5-1-2-6(9(16)17)7(3-5)10(13,14)15;1-5(11)6-2-3-7(9(15)16)8(4-6)10(12,13)14/h1-3,8H,4H2,(H,16,17);2-4H,1H2,(H,15,16). The summed E-state index contributed by atoms with van der Waals surface area (Å²) < 4.78 is 101. The van der Waals surface area contributed by atoms with Gasteiger partial charge in [-0.05, 0) is 29.8 Å². The summed E-state index contributed by atoms with van der Waals surface area (Å²) >= 11 is 2.80. The smallest absolute Gasteiger partial charge is 0.417 e. The molecule has 33 heavy (non-hydrogen) atoms. The molecule has 0 radical (unpaired) electrons. The van der Waals surface area contributed by atoms with Crippen LogP contribution in [0.25, 0.3) is 5.83 Å². The molecule has 0 aliphatic rings. The normalized spacial score (nSPS) is 12.4. The van der Waals surface area contributed by atoms with Gasteiger partial charge in [-0.15, -0.1) is 0 Å². The molecule has 2 aromatic rings. The second kappa shape index (κ2) is 10.8. The lowest BCUT2D eigenvalue weighted by atomic mass is 10.0. The molecule has 0 bridgehead atoms. The highest BCUT2D eigenvalue weighted by Gasteiger charge is 2.36. The van der Waals surface area contributed by atoms with Crippen molar-refractivity contribution in [3.05, 3.63) is 76.4 Å². The van der Waals surface area contributed by atoms with Crippen LogP contribution in [-0.4, -0.2) is 27.5 Å². The van der Waals surface area contributed by atoms with Crippen LogP contribution in [0, 0.1) is 0 Å². The summed E-state index contributed by atoms with van der Waals surface area (Å²) in [6.45, 7) is 2.84. The highest BCUT2D eigenvalue weighted by Crippen LogP contribution is 2.35. The zero-order chi connectivity index (χ0) is 25.7. The SMILES string of the molecule is C=C(F)c1ccc(C(=O)O)c(C(F)(F)F)c1.O=C(O)c1ccc(C(F)CBr)cc1C(F)(F)F. The largest absolute Gasteiger partial charge is 0.478 e. The second-order valence-electron chi connectivity index (χ2n) is 6.20. The van der Waals surface area contributed by atoms with Crippen molar-refractivity contribution < 1.29 is 54.9 Å². The Bertz CT molecular complexity index is 1050. The minimum Gasteiger partial charge on any atom is -0.478 e. The molecule has 0 spiro atoms. The highest BCUT2D eigenvalue weighted by molar-refractivity contribution is 9.09. The van der Waals surface area contributed by atoms with E-state index in [1.165, 1.54) is 0 Å². The van der Waals surface area contributed by atoms with Gasteiger partial charge in [0.05, 0.1) is 22.3 Å². The van der Waals surface area contributed by atoms with Crippen molar-refractivity contribution in [1.82, 2.24) is 0 Å². The van der Waals surface area contributed by atoms with E-state index in [9.17, 15) is 44.7 Å². The first-order valence-corrected chi connectivity index (χ1v) is 9.56. The topological polar surface area (TPSA) is 74.6 Å². The minimum atomic E-state index is -4.85. The van der Waals surface area contributed by atoms with E-state index in [4.69, 9.17) is 10.2 Å². The number of carboxylic acids is 2. The molecule has 0 aromatic heterocycles. The number of carbonyl (C=O) groups is 2. The van der Waals surface area contributed by atoms with Crippen LogP contribution in [-0.2, 0) is 12.4 Å². The molecule has 2 N–H and O–H groups in total. The van der Waals surface area contributed by atoms with Crippen LogP contribution in [0.3, 0.4) is 0 Å². The molecule has 1 unspecified atom stereocenters. The lowest BCUT2D eigenvalue weighted by Gasteiger charge is -2.13. The summed E-state index contributed by atoms with van der Waals surface area (Å²) in [7, 11) is 0. The van der Waals surface area contributed by atoms with E-state index in [-0.39, 0.29) is 10.9 Å². The first-order valence-electron chi connectivity index (χ1n) is 8.44. The van der Waals surface area contributed by atoms with Gasteiger partial charge in [-0.2, -0.15) is 26.3 Å². The molecule has 4 nitrogen and oxygen atoms in total. The Morgan fingerprint density at radius 1 is 0.879 bits per heavy atom. The van der Waals surface area contributed by atoms with Crippen LogP contribution < -0.4 is 0 Å². The molecule has 13 heteroatoms. The predicted molar refractivity (Wildman–Crippen MR) is 105 cm³/mol. The Kier molecular flexibility index (Phi) is 9.16. The maximum atomic E-state index is 13.2. The molecule has 2 aromatic carbocycles. The van der Waals surface area contributed by atoms with Crippen molar-refractivity contribution in [2.75, 3.05) is 5.33 Å². The molecular weight excluding hydrogens is 536 g/mol. The van der Waals surface area contributed by atoms with Gasteiger partial charge in [0.2, 0.25) is 0 Å². The van der Waals surface area contributed by atoms with Crippen molar-refractivity contribution in [1.29, 1.82) is 0 Å². The van der Waals surface area contributed by atoms with Crippen LogP contribution in [0.2, 0.25) is 0 Å². The van der Waals surface area contributed by atoms with Crippen LogP contribution in [0.5, 0.6) is 0 Å². The fraction of sp³-hybridized carbons (Fsp3) is 0.200. The van der Waals surface area contributed by atoms with Gasteiger partial charge in [0.1, 0.15) is 12.0 Å². The predicted octanol–water partition coefficient (Wildman–Crippen LogP) is 7.15. The van der Waals surface area contributed by atoms with Crippen molar-refractivity contribution in [3.63, 3.8) is 0 Å². The van der Waals surface area contributed by atoms with E-state index in [1.54, 1.807) is 0 Å². The Morgan fingerprint density at radius 2 is 1.30 bits per heavy atom. The highest BCUT2D eigenvalue weighted by atomic mass is 79.9. The van der Waals surface area contributed by atoms with E-state index in [2.05, 4.69) is 22.5 Å². The second-order valence-corrected chi connectivity index (χ2v) is 6.85. The molecular formula is C20H13BrF8O4. The van der Waals surface area contributed by atoms with Gasteiger partial charge in [0, 0.05) is 10.9 Å². The zero-order valence-electron chi connectivity index (χ0n) is 16.1. The fourth-order valence-corrected chi connectivity index (χ4v) is 2.77. The van der Waals surface area contributed by atoms with Gasteiger partial charge in [-0.25, -0.2) is 18.4 Å². The third kappa shape index (κ3) is 7.55. The number of hydrogen-bond acceptors (Lipinski definition) is 2. The molecule has 2 rings (SSSR count). The van der Waals surface area contributed by atoms with E-state index in [0.717, 1.165) is 18.2 Å². The molecule has 0 fully saturated rings. The van der Waals surface area contributed by atoms with Gasteiger partial charge in [-0.3, -0.25) is 0 Å². The number of halogens is 9. The fourth-order valence-electron chi connectivity index (χ4n) is 2.40. The Morgan fingerprint density at radius 3 is 1.67 bits per heavy atom. The van der Waals surface area contributed by atoms with Crippen molar-refractivity contribution in [2.45, 2.75) is 18.5 Å². The van der Waals surface area contributed by atoms with Crippen LogP contribution in [0.1, 0.15) is 49.1 Å². The lowest BCUT2D eigenvalue weighted by molar-refractivity contribution is -0.138. The number of hydrogen-bond donors (Lipinski definition) is 2. The van der Waals surface area contributed by atoms with E-state index in [0.29, 0.717) is 18.2 Å². The molecule has 180 valence electrons. The van der Waals surface area contributed by atoms with Crippen molar-refractivity contribution in [2.24, 2.45) is 0 Å². The lowest BCUT2D eigenvalue weighted by Crippen LogP contribution is -2.14. The van der Waals surface area contributed by atoms with Gasteiger partial charge < -0.3 is 10.2 Å². The summed E-state index contributed by atoms with van der Waals surface area (Å²) in [6.07, 6.45) is -11.3. The van der Waals surface area contributed by atoms with Gasteiger partial charge in [0.25, 0.3) is 0 Å². The van der Waals surface area contributed by atoms with E-state index < -0.39 is 64.1 Å². The quantitative estimate of drug-likeness (QED) is 0.307. The Labute approximate surface area is 189 Å². The van der Waals surface area contributed by atoms with Gasteiger partial charge >= 0.3 is 24.3 Å². The minimum absolute atomic E-state index is 0.156. The summed E-state index contributed by atoms with van der Waals surface area (Å²) in [5.41, 5.74) is -5.14. The number of carboxylic acid groups (broad SMARTS) is 2. The zero-order valence-corrected chi connectivity index (χ0v) is 17.7. The maximum Gasteiger partial charge on any atom is 0.417 e. The molecule has 0 saturated carbocycles. The number of rotatable bonds is 5. The van der Waals surface area contributed by atoms with Crippen LogP contribution in [0.4, 0.5) is 35.1 Å². The molecule has 1 atom stereocenters. The molecule has 0 amide bonds. The third-order valence-corrected chi connectivity index (χ3v) is 4.51. The summed E-state index contributed by atoms with van der Waals surface area (Å²) in [4.78, 5) is 21.1. The van der Waals surface area contributed by atoms with Crippen LogP contribution >= 0.6 is 15.9 Å². The third-order valence-electron chi connectivity index (χ3n) is 3.95. The monoisotopic (exact) mass is 548 g/mol. The number of aromatic carboxylic acids is 2. The first-order chi connectivity index (χ1) is 15.0. The molecule has 0 aliphatic carbocycles.